The molecule has 1 aliphatic heterocycles. The van der Waals surface area contributed by atoms with Crippen LogP contribution in [-0.4, -0.2) is 33.2 Å². The van der Waals surface area contributed by atoms with Gasteiger partial charge in [0.25, 0.3) is 5.91 Å². The van der Waals surface area contributed by atoms with Crippen LogP contribution in [0.25, 0.3) is 10.9 Å². The van der Waals surface area contributed by atoms with E-state index < -0.39 is 23.5 Å². The van der Waals surface area contributed by atoms with E-state index in [4.69, 9.17) is 0 Å². The molecule has 5 nitrogen and oxygen atoms in total. The monoisotopic (exact) mass is 378 g/mol. The SMILES string of the molecule is CC(=O)C1=C(O)C(=O)N(CCc2c[nH]c3ccccc23)C1c1ccc(F)cc1. The number of aliphatic hydroxyl groups excluding tert-OH is 1. The third kappa shape index (κ3) is 2.97. The smallest absolute Gasteiger partial charge is 0.290 e. The molecular formula is C22H19FN2O3. The molecule has 0 radical (unpaired) electrons. The number of aromatic nitrogens is 1. The van der Waals surface area contributed by atoms with E-state index in [9.17, 15) is 19.1 Å². The van der Waals surface area contributed by atoms with Crippen molar-refractivity contribution in [3.63, 3.8) is 0 Å². The van der Waals surface area contributed by atoms with E-state index >= 15 is 0 Å². The third-order valence-electron chi connectivity index (χ3n) is 5.17. The molecule has 1 aliphatic rings. The summed E-state index contributed by atoms with van der Waals surface area (Å²) in [6.07, 6.45) is 2.45. The lowest BCUT2D eigenvalue weighted by atomic mass is 9.96. The highest BCUT2D eigenvalue weighted by Gasteiger charge is 2.42. The van der Waals surface area contributed by atoms with Crippen molar-refractivity contribution >= 4 is 22.6 Å². The summed E-state index contributed by atoms with van der Waals surface area (Å²) < 4.78 is 13.3. The summed E-state index contributed by atoms with van der Waals surface area (Å²) in [6, 6.07) is 12.8. The van der Waals surface area contributed by atoms with Crippen molar-refractivity contribution in [2.45, 2.75) is 19.4 Å². The van der Waals surface area contributed by atoms with Crippen LogP contribution in [0.2, 0.25) is 0 Å². The van der Waals surface area contributed by atoms with E-state index in [1.165, 1.54) is 36.1 Å². The summed E-state index contributed by atoms with van der Waals surface area (Å²) in [6.45, 7) is 1.63. The Morgan fingerprint density at radius 2 is 1.89 bits per heavy atom. The Morgan fingerprint density at radius 1 is 1.18 bits per heavy atom. The fraction of sp³-hybridized carbons (Fsp3) is 0.182. The Kier molecular flexibility index (Phi) is 4.47. The second-order valence-corrected chi connectivity index (χ2v) is 6.88. The van der Waals surface area contributed by atoms with Crippen LogP contribution < -0.4 is 0 Å². The van der Waals surface area contributed by atoms with Gasteiger partial charge in [-0.1, -0.05) is 30.3 Å². The highest BCUT2D eigenvalue weighted by molar-refractivity contribution is 6.08. The summed E-state index contributed by atoms with van der Waals surface area (Å²) in [5, 5.41) is 11.4. The Morgan fingerprint density at radius 3 is 2.61 bits per heavy atom. The number of halogens is 1. The van der Waals surface area contributed by atoms with Crippen LogP contribution in [-0.2, 0) is 16.0 Å². The Labute approximate surface area is 161 Å². The zero-order valence-electron chi connectivity index (χ0n) is 15.3. The molecule has 28 heavy (non-hydrogen) atoms. The molecule has 0 bridgehead atoms. The van der Waals surface area contributed by atoms with E-state index in [0.29, 0.717) is 18.5 Å². The molecule has 2 aromatic carbocycles. The van der Waals surface area contributed by atoms with E-state index in [1.807, 2.05) is 30.5 Å². The lowest BCUT2D eigenvalue weighted by Gasteiger charge is -2.26. The zero-order chi connectivity index (χ0) is 19.8. The van der Waals surface area contributed by atoms with Crippen LogP contribution in [0, 0.1) is 5.82 Å². The highest BCUT2D eigenvalue weighted by atomic mass is 19.1. The molecule has 0 saturated heterocycles. The summed E-state index contributed by atoms with van der Waals surface area (Å²) in [5.41, 5.74) is 2.68. The van der Waals surface area contributed by atoms with Gasteiger partial charge in [-0.3, -0.25) is 9.59 Å². The number of aromatic amines is 1. The van der Waals surface area contributed by atoms with Crippen LogP contribution in [0.15, 0.2) is 66.1 Å². The van der Waals surface area contributed by atoms with Crippen molar-refractivity contribution in [1.29, 1.82) is 0 Å². The molecule has 2 N–H and O–H groups in total. The van der Waals surface area contributed by atoms with Gasteiger partial charge in [0.15, 0.2) is 11.5 Å². The fourth-order valence-electron chi connectivity index (χ4n) is 3.81. The molecule has 0 saturated carbocycles. The third-order valence-corrected chi connectivity index (χ3v) is 5.17. The molecule has 1 atom stereocenters. The van der Waals surface area contributed by atoms with Gasteiger partial charge in [0.05, 0.1) is 11.6 Å². The topological polar surface area (TPSA) is 73.4 Å². The maximum absolute atomic E-state index is 13.3. The molecular weight excluding hydrogens is 359 g/mol. The Balaban J connectivity index is 1.67. The molecule has 0 spiro atoms. The number of rotatable bonds is 5. The van der Waals surface area contributed by atoms with Crippen molar-refractivity contribution < 1.29 is 19.1 Å². The van der Waals surface area contributed by atoms with Gasteiger partial charge < -0.3 is 15.0 Å². The normalized spacial score (nSPS) is 17.0. The predicted octanol–water partition coefficient (Wildman–Crippen LogP) is 3.83. The number of para-hydroxylation sites is 1. The number of nitrogens with one attached hydrogen (secondary N) is 1. The highest BCUT2D eigenvalue weighted by Crippen LogP contribution is 2.37. The zero-order valence-corrected chi connectivity index (χ0v) is 15.3. The summed E-state index contributed by atoms with van der Waals surface area (Å²) in [7, 11) is 0. The minimum Gasteiger partial charge on any atom is -0.503 e. The average Bonchev–Trinajstić information content (AvgIpc) is 3.20. The van der Waals surface area contributed by atoms with Crippen molar-refractivity contribution in [1.82, 2.24) is 9.88 Å². The number of carbonyl (C=O) groups excluding carboxylic acids is 2. The fourth-order valence-corrected chi connectivity index (χ4v) is 3.81. The molecule has 6 heteroatoms. The molecule has 0 aliphatic carbocycles. The number of Topliss-reactive ketones (excluding diaryl/α,β-unsaturated/α-hetero) is 1. The lowest BCUT2D eigenvalue weighted by Crippen LogP contribution is -2.32. The molecule has 1 amide bonds. The number of amides is 1. The maximum atomic E-state index is 13.3. The second kappa shape index (κ2) is 6.96. The molecule has 2 heterocycles. The van der Waals surface area contributed by atoms with Gasteiger partial charge in [-0.2, -0.15) is 0 Å². The van der Waals surface area contributed by atoms with Crippen molar-refractivity contribution in [2.24, 2.45) is 0 Å². The first-order valence-corrected chi connectivity index (χ1v) is 9.03. The van der Waals surface area contributed by atoms with Gasteiger partial charge in [0, 0.05) is 23.6 Å². The number of hydrogen-bond donors (Lipinski definition) is 2. The summed E-state index contributed by atoms with van der Waals surface area (Å²) in [4.78, 5) is 29.5. The largest absolute Gasteiger partial charge is 0.503 e. The number of aliphatic hydroxyl groups is 1. The van der Waals surface area contributed by atoms with Gasteiger partial charge in [0.1, 0.15) is 5.82 Å². The van der Waals surface area contributed by atoms with Gasteiger partial charge in [-0.15, -0.1) is 0 Å². The molecule has 3 aromatic rings. The standard InChI is InChI=1S/C22H19FN2O3/c1-13(26)19-20(14-6-8-16(23)9-7-14)25(22(28)21(19)27)11-10-15-12-24-18-5-3-2-4-17(15)18/h2-9,12,20,24,27H,10-11H2,1H3. The number of H-pyrrole nitrogens is 1. The Bertz CT molecular complexity index is 1100. The molecule has 142 valence electrons. The minimum absolute atomic E-state index is 0.0514. The predicted molar refractivity (Wildman–Crippen MR) is 103 cm³/mol. The minimum atomic E-state index is -0.726. The Hall–Kier alpha value is -3.41. The number of hydrogen-bond acceptors (Lipinski definition) is 3. The second-order valence-electron chi connectivity index (χ2n) is 6.88. The van der Waals surface area contributed by atoms with Crippen LogP contribution in [0.1, 0.15) is 24.1 Å². The number of fused-ring (bicyclic) bond motifs is 1. The van der Waals surface area contributed by atoms with Crippen molar-refractivity contribution in [3.05, 3.63) is 83.0 Å². The molecule has 4 rings (SSSR count). The molecule has 0 fully saturated rings. The number of carbonyl (C=O) groups is 2. The van der Waals surface area contributed by atoms with Gasteiger partial charge in [0.2, 0.25) is 0 Å². The number of benzene rings is 2. The van der Waals surface area contributed by atoms with E-state index in [0.717, 1.165) is 16.5 Å². The van der Waals surface area contributed by atoms with Gasteiger partial charge in [-0.25, -0.2) is 4.39 Å². The summed E-state index contributed by atoms with van der Waals surface area (Å²) in [5.74, 6) is -1.90. The van der Waals surface area contributed by atoms with Gasteiger partial charge in [-0.05, 0) is 42.7 Å². The maximum Gasteiger partial charge on any atom is 0.290 e. The van der Waals surface area contributed by atoms with Crippen molar-refractivity contribution in [3.8, 4) is 0 Å². The van der Waals surface area contributed by atoms with Crippen LogP contribution >= 0.6 is 0 Å². The van der Waals surface area contributed by atoms with Crippen molar-refractivity contribution in [2.75, 3.05) is 6.54 Å². The molecule has 1 unspecified atom stereocenters. The van der Waals surface area contributed by atoms with E-state index in [1.54, 1.807) is 0 Å². The first kappa shape index (κ1) is 18.0. The quantitative estimate of drug-likeness (QED) is 0.709. The van der Waals surface area contributed by atoms with Crippen LogP contribution in [0.4, 0.5) is 4.39 Å². The van der Waals surface area contributed by atoms with E-state index in [-0.39, 0.29) is 11.4 Å². The first-order valence-electron chi connectivity index (χ1n) is 9.03. The van der Waals surface area contributed by atoms with Crippen LogP contribution in [0.5, 0.6) is 0 Å². The van der Waals surface area contributed by atoms with E-state index in [2.05, 4.69) is 4.98 Å². The first-order chi connectivity index (χ1) is 13.5. The molecule has 1 aromatic heterocycles. The lowest BCUT2D eigenvalue weighted by molar-refractivity contribution is -0.129. The summed E-state index contributed by atoms with van der Waals surface area (Å²) >= 11 is 0. The van der Waals surface area contributed by atoms with Gasteiger partial charge >= 0.3 is 0 Å². The average molecular weight is 378 g/mol. The van der Waals surface area contributed by atoms with Crippen LogP contribution in [0.3, 0.4) is 0 Å². The number of ketones is 1. The number of nitrogens with zero attached hydrogens (tertiary/aromatic N) is 1.